The Balaban J connectivity index is 1.75. The standard InChI is InChI=1S/C15H19ClN2O2S/c1-10-13(19)17-15(7-2-3-8-15)14(20)18(10)9-6-11-4-5-12(16)21-11/h4-5,10H,2-3,6-9H2,1H3,(H,17,19). The van der Waals surface area contributed by atoms with Gasteiger partial charge in [-0.25, -0.2) is 0 Å². The first-order chi connectivity index (χ1) is 10.0. The number of hydrogen-bond donors (Lipinski definition) is 1. The van der Waals surface area contributed by atoms with Crippen LogP contribution in [0.15, 0.2) is 12.1 Å². The topological polar surface area (TPSA) is 49.4 Å². The first-order valence-electron chi connectivity index (χ1n) is 7.39. The molecule has 1 atom stereocenters. The number of halogens is 1. The van der Waals surface area contributed by atoms with Crippen LogP contribution in [0.5, 0.6) is 0 Å². The number of nitrogens with zero attached hydrogens (tertiary/aromatic N) is 1. The number of amides is 2. The van der Waals surface area contributed by atoms with Crippen molar-refractivity contribution in [1.82, 2.24) is 10.2 Å². The summed E-state index contributed by atoms with van der Waals surface area (Å²) in [5.74, 6) is 0.0652. The van der Waals surface area contributed by atoms with Crippen molar-refractivity contribution in [2.75, 3.05) is 6.54 Å². The van der Waals surface area contributed by atoms with E-state index in [0.29, 0.717) is 6.54 Å². The fraction of sp³-hybridized carbons (Fsp3) is 0.600. The van der Waals surface area contributed by atoms with Gasteiger partial charge in [0.1, 0.15) is 11.6 Å². The maximum Gasteiger partial charge on any atom is 0.249 e. The summed E-state index contributed by atoms with van der Waals surface area (Å²) in [6, 6.07) is 3.46. The van der Waals surface area contributed by atoms with E-state index >= 15 is 0 Å². The minimum absolute atomic E-state index is 0.0271. The van der Waals surface area contributed by atoms with Crippen molar-refractivity contribution >= 4 is 34.8 Å². The second-order valence-corrected chi connectivity index (χ2v) is 7.71. The molecule has 114 valence electrons. The molecule has 0 bridgehead atoms. The third kappa shape index (κ3) is 2.69. The van der Waals surface area contributed by atoms with E-state index in [1.54, 1.807) is 11.8 Å². The van der Waals surface area contributed by atoms with Gasteiger partial charge in [0.05, 0.1) is 4.34 Å². The van der Waals surface area contributed by atoms with Crippen molar-refractivity contribution in [2.24, 2.45) is 0 Å². The maximum absolute atomic E-state index is 12.8. The zero-order valence-corrected chi connectivity index (χ0v) is 13.6. The van der Waals surface area contributed by atoms with Gasteiger partial charge in [-0.1, -0.05) is 24.4 Å². The molecule has 4 nitrogen and oxygen atoms in total. The lowest BCUT2D eigenvalue weighted by molar-refractivity contribution is -0.154. The van der Waals surface area contributed by atoms with Gasteiger partial charge in [0.2, 0.25) is 11.8 Å². The monoisotopic (exact) mass is 326 g/mol. The Morgan fingerprint density at radius 2 is 2.10 bits per heavy atom. The molecule has 1 N–H and O–H groups in total. The summed E-state index contributed by atoms with van der Waals surface area (Å²) in [6.07, 6.45) is 4.30. The van der Waals surface area contributed by atoms with E-state index in [1.165, 1.54) is 11.3 Å². The highest BCUT2D eigenvalue weighted by Gasteiger charge is 2.50. The Hall–Kier alpha value is -1.07. The largest absolute Gasteiger partial charge is 0.340 e. The lowest BCUT2D eigenvalue weighted by Gasteiger charge is -2.43. The highest BCUT2D eigenvalue weighted by molar-refractivity contribution is 7.16. The Kier molecular flexibility index (Phi) is 3.97. The van der Waals surface area contributed by atoms with E-state index in [0.717, 1.165) is 41.3 Å². The molecule has 1 aliphatic heterocycles. The summed E-state index contributed by atoms with van der Waals surface area (Å²) in [4.78, 5) is 27.9. The van der Waals surface area contributed by atoms with Crippen LogP contribution >= 0.6 is 22.9 Å². The smallest absolute Gasteiger partial charge is 0.249 e. The van der Waals surface area contributed by atoms with E-state index in [1.807, 2.05) is 12.1 Å². The molecule has 0 radical (unpaired) electrons. The Bertz CT molecular complexity index is 566. The van der Waals surface area contributed by atoms with E-state index in [9.17, 15) is 9.59 Å². The Morgan fingerprint density at radius 3 is 2.71 bits per heavy atom. The van der Waals surface area contributed by atoms with E-state index in [-0.39, 0.29) is 17.9 Å². The van der Waals surface area contributed by atoms with Gasteiger partial charge >= 0.3 is 0 Å². The second-order valence-electron chi connectivity index (χ2n) is 5.91. The summed E-state index contributed by atoms with van der Waals surface area (Å²) in [5.41, 5.74) is -0.628. The molecule has 2 heterocycles. The van der Waals surface area contributed by atoms with Crippen molar-refractivity contribution < 1.29 is 9.59 Å². The molecule has 1 spiro atoms. The van der Waals surface area contributed by atoms with Gasteiger partial charge in [-0.15, -0.1) is 11.3 Å². The molecule has 1 aromatic rings. The number of hydrogen-bond acceptors (Lipinski definition) is 3. The zero-order chi connectivity index (χ0) is 15.0. The average Bonchev–Trinajstić information content (AvgIpc) is 3.07. The van der Waals surface area contributed by atoms with Crippen molar-refractivity contribution in [1.29, 1.82) is 0 Å². The lowest BCUT2D eigenvalue weighted by atomic mass is 9.91. The maximum atomic E-state index is 12.8. The highest BCUT2D eigenvalue weighted by Crippen LogP contribution is 2.34. The van der Waals surface area contributed by atoms with Gasteiger partial charge in [0, 0.05) is 11.4 Å². The number of nitrogens with one attached hydrogen (secondary N) is 1. The number of piperazine rings is 1. The van der Waals surface area contributed by atoms with Gasteiger partial charge in [0.25, 0.3) is 0 Å². The highest BCUT2D eigenvalue weighted by atomic mass is 35.5. The fourth-order valence-electron chi connectivity index (χ4n) is 3.32. The molecule has 1 saturated heterocycles. The van der Waals surface area contributed by atoms with Crippen molar-refractivity contribution in [3.05, 3.63) is 21.3 Å². The first kappa shape index (κ1) is 14.9. The van der Waals surface area contributed by atoms with Crippen molar-refractivity contribution in [3.63, 3.8) is 0 Å². The molecule has 1 aromatic heterocycles. The van der Waals surface area contributed by atoms with Crippen LogP contribution in [0.3, 0.4) is 0 Å². The van der Waals surface area contributed by atoms with Crippen LogP contribution in [0.25, 0.3) is 0 Å². The van der Waals surface area contributed by atoms with Crippen molar-refractivity contribution in [3.8, 4) is 0 Å². The fourth-order valence-corrected chi connectivity index (χ4v) is 4.39. The minimum Gasteiger partial charge on any atom is -0.340 e. The summed E-state index contributed by atoms with van der Waals surface area (Å²) < 4.78 is 0.757. The third-order valence-electron chi connectivity index (χ3n) is 4.56. The zero-order valence-electron chi connectivity index (χ0n) is 12.0. The van der Waals surface area contributed by atoms with Gasteiger partial charge < -0.3 is 10.2 Å². The molecule has 2 amide bonds. The molecule has 1 aliphatic carbocycles. The van der Waals surface area contributed by atoms with Crippen LogP contribution in [0, 0.1) is 0 Å². The quantitative estimate of drug-likeness (QED) is 0.928. The molecular weight excluding hydrogens is 308 g/mol. The van der Waals surface area contributed by atoms with Gasteiger partial charge in [-0.05, 0) is 38.3 Å². The van der Waals surface area contributed by atoms with Gasteiger partial charge in [0.15, 0.2) is 0 Å². The molecule has 6 heteroatoms. The molecule has 2 fully saturated rings. The second kappa shape index (κ2) is 5.61. The summed E-state index contributed by atoms with van der Waals surface area (Å²) >= 11 is 7.46. The minimum atomic E-state index is -0.628. The number of carbonyl (C=O) groups excluding carboxylic acids is 2. The Labute approximate surface area is 133 Å². The van der Waals surface area contributed by atoms with Gasteiger partial charge in [-0.2, -0.15) is 0 Å². The average molecular weight is 327 g/mol. The van der Waals surface area contributed by atoms with Crippen LogP contribution in [0.1, 0.15) is 37.5 Å². The molecule has 21 heavy (non-hydrogen) atoms. The van der Waals surface area contributed by atoms with Crippen LogP contribution in [-0.4, -0.2) is 34.8 Å². The van der Waals surface area contributed by atoms with E-state index < -0.39 is 5.54 Å². The molecular formula is C15H19ClN2O2S. The number of thiophene rings is 1. The molecule has 1 unspecified atom stereocenters. The predicted molar refractivity (Wildman–Crippen MR) is 83.5 cm³/mol. The number of rotatable bonds is 3. The molecule has 0 aromatic carbocycles. The summed E-state index contributed by atoms with van der Waals surface area (Å²) in [5, 5.41) is 2.97. The Morgan fingerprint density at radius 1 is 1.38 bits per heavy atom. The summed E-state index contributed by atoms with van der Waals surface area (Å²) in [7, 11) is 0. The van der Waals surface area contributed by atoms with Gasteiger partial charge in [-0.3, -0.25) is 9.59 Å². The van der Waals surface area contributed by atoms with E-state index in [2.05, 4.69) is 5.32 Å². The number of carbonyl (C=O) groups is 2. The molecule has 2 aliphatic rings. The van der Waals surface area contributed by atoms with Crippen LogP contribution in [0.4, 0.5) is 0 Å². The first-order valence-corrected chi connectivity index (χ1v) is 8.59. The normalized spacial score (nSPS) is 24.7. The lowest BCUT2D eigenvalue weighted by Crippen LogP contribution is -2.68. The SMILES string of the molecule is CC1C(=O)NC2(CCCC2)C(=O)N1CCc1ccc(Cl)s1. The third-order valence-corrected chi connectivity index (χ3v) is 5.86. The summed E-state index contributed by atoms with van der Waals surface area (Å²) in [6.45, 7) is 2.38. The van der Waals surface area contributed by atoms with Crippen LogP contribution in [0.2, 0.25) is 4.34 Å². The van der Waals surface area contributed by atoms with E-state index in [4.69, 9.17) is 11.6 Å². The molecule has 1 saturated carbocycles. The molecule has 3 rings (SSSR count). The van der Waals surface area contributed by atoms with Crippen LogP contribution in [-0.2, 0) is 16.0 Å². The predicted octanol–water partition coefficient (Wildman–Crippen LogP) is 2.60. The van der Waals surface area contributed by atoms with Crippen LogP contribution < -0.4 is 5.32 Å². The van der Waals surface area contributed by atoms with Crippen molar-refractivity contribution in [2.45, 2.75) is 50.6 Å².